The molecule has 0 fully saturated rings. The van der Waals surface area contributed by atoms with Gasteiger partial charge in [-0.1, -0.05) is 53.3 Å². The van der Waals surface area contributed by atoms with Crippen molar-refractivity contribution in [3.63, 3.8) is 0 Å². The van der Waals surface area contributed by atoms with E-state index >= 15 is 0 Å². The topological polar surface area (TPSA) is 103 Å². The van der Waals surface area contributed by atoms with Gasteiger partial charge in [-0.3, -0.25) is 9.36 Å². The largest absolute Gasteiger partial charge is 0.490 e. The second-order valence-electron chi connectivity index (χ2n) is 9.94. The summed E-state index contributed by atoms with van der Waals surface area (Å²) in [6.07, 6.45) is -3.50. The van der Waals surface area contributed by atoms with Crippen molar-refractivity contribution < 1.29 is 32.2 Å². The van der Waals surface area contributed by atoms with E-state index in [0.717, 1.165) is 15.9 Å². The van der Waals surface area contributed by atoms with Gasteiger partial charge < -0.3 is 14.2 Å². The Morgan fingerprint density at radius 3 is 2.51 bits per heavy atom. The molecule has 47 heavy (non-hydrogen) atoms. The molecule has 1 aliphatic rings. The van der Waals surface area contributed by atoms with Gasteiger partial charge in [-0.05, 0) is 84.0 Å². The van der Waals surface area contributed by atoms with E-state index in [1.807, 2.05) is 0 Å². The molecule has 4 aromatic rings. The summed E-state index contributed by atoms with van der Waals surface area (Å²) in [5.41, 5.74) is -0.993. The van der Waals surface area contributed by atoms with E-state index in [1.165, 1.54) is 37.3 Å². The number of fused-ring (bicyclic) bond motifs is 1. The van der Waals surface area contributed by atoms with Crippen molar-refractivity contribution in [1.82, 2.24) is 4.57 Å². The standard InChI is InChI=1S/C33H24ClF3IN3O5S/c1-3-44-24-14-18(13-23(38)28(24)46-17-21-8-6-5-7-20(21)16-39)15-25-30(42)41-27(19-9-11-22(34)12-10-19)26(31(43)45-4-2)29(33(35,36)37)40-32(41)47-25/h5-15,27H,3-4,17H2,1-2H3/b25-15-/t27-/m0/s1. The summed E-state index contributed by atoms with van der Waals surface area (Å²) in [5.74, 6) is -0.437. The Kier molecular flexibility index (Phi) is 10.4. The van der Waals surface area contributed by atoms with Crippen molar-refractivity contribution in [2.75, 3.05) is 13.2 Å². The molecule has 3 aromatic carbocycles. The Morgan fingerprint density at radius 1 is 1.13 bits per heavy atom. The summed E-state index contributed by atoms with van der Waals surface area (Å²) < 4.78 is 61.9. The third-order valence-corrected chi connectivity index (χ3v) is 8.96. The molecule has 0 unspecified atom stereocenters. The fourth-order valence-corrected chi connectivity index (χ4v) is 6.84. The van der Waals surface area contributed by atoms with Gasteiger partial charge in [0.15, 0.2) is 22.0 Å². The lowest BCUT2D eigenvalue weighted by atomic mass is 9.95. The van der Waals surface area contributed by atoms with Crippen molar-refractivity contribution in [3.05, 3.63) is 122 Å². The van der Waals surface area contributed by atoms with Crippen LogP contribution in [0.1, 0.15) is 42.1 Å². The minimum Gasteiger partial charge on any atom is -0.490 e. The zero-order valence-corrected chi connectivity index (χ0v) is 28.5. The molecule has 0 saturated heterocycles. The average molecular weight is 794 g/mol. The smallest absolute Gasteiger partial charge is 0.434 e. The second kappa shape index (κ2) is 14.3. The van der Waals surface area contributed by atoms with Gasteiger partial charge in [0.2, 0.25) is 0 Å². The number of halogens is 5. The molecule has 8 nitrogen and oxygen atoms in total. The first-order valence-corrected chi connectivity index (χ1v) is 16.4. The van der Waals surface area contributed by atoms with E-state index in [-0.39, 0.29) is 28.1 Å². The number of nitrogens with zero attached hydrogens (tertiary/aromatic N) is 3. The maximum absolute atomic E-state index is 14.4. The van der Waals surface area contributed by atoms with Crippen molar-refractivity contribution in [2.24, 2.45) is 4.99 Å². The Labute approximate surface area is 289 Å². The second-order valence-corrected chi connectivity index (χ2v) is 12.5. The number of carbonyl (C=O) groups excluding carboxylic acids is 1. The van der Waals surface area contributed by atoms with Crippen molar-refractivity contribution in [3.8, 4) is 17.6 Å². The minimum atomic E-state index is -5.02. The molecule has 1 aliphatic heterocycles. The first-order chi connectivity index (χ1) is 22.5. The predicted molar refractivity (Wildman–Crippen MR) is 178 cm³/mol. The number of ether oxygens (including phenoxy) is 3. The summed E-state index contributed by atoms with van der Waals surface area (Å²) in [6, 6.07) is 16.9. The number of alkyl halides is 3. The molecule has 0 saturated carbocycles. The molecule has 0 bridgehead atoms. The highest BCUT2D eigenvalue weighted by Gasteiger charge is 2.45. The third-order valence-electron chi connectivity index (χ3n) is 6.92. The van der Waals surface area contributed by atoms with Gasteiger partial charge in [0.25, 0.3) is 5.56 Å². The molecule has 242 valence electrons. The number of hydrogen-bond donors (Lipinski definition) is 0. The number of esters is 1. The highest BCUT2D eigenvalue weighted by Crippen LogP contribution is 2.39. The average Bonchev–Trinajstić information content (AvgIpc) is 3.34. The van der Waals surface area contributed by atoms with E-state index < -0.39 is 35.0 Å². The number of hydrogen-bond acceptors (Lipinski definition) is 8. The van der Waals surface area contributed by atoms with Crippen LogP contribution < -0.4 is 24.4 Å². The van der Waals surface area contributed by atoms with Gasteiger partial charge in [0.05, 0.1) is 44.6 Å². The van der Waals surface area contributed by atoms with Crippen LogP contribution in [0.4, 0.5) is 13.2 Å². The van der Waals surface area contributed by atoms with Crippen molar-refractivity contribution >= 4 is 57.6 Å². The van der Waals surface area contributed by atoms with Crippen LogP contribution in [0.25, 0.3) is 6.08 Å². The normalized spacial score (nSPS) is 14.7. The lowest BCUT2D eigenvalue weighted by Gasteiger charge is -2.26. The van der Waals surface area contributed by atoms with Crippen molar-refractivity contribution in [2.45, 2.75) is 32.7 Å². The zero-order valence-electron chi connectivity index (χ0n) is 24.7. The van der Waals surface area contributed by atoms with Gasteiger partial charge in [-0.25, -0.2) is 9.79 Å². The van der Waals surface area contributed by atoms with Crippen LogP contribution in [-0.2, 0) is 16.1 Å². The van der Waals surface area contributed by atoms with E-state index in [9.17, 15) is 28.0 Å². The molecule has 0 radical (unpaired) electrons. The number of rotatable bonds is 9. The predicted octanol–water partition coefficient (Wildman–Crippen LogP) is 6.45. The van der Waals surface area contributed by atoms with Gasteiger partial charge in [-0.2, -0.15) is 18.4 Å². The maximum atomic E-state index is 14.4. The van der Waals surface area contributed by atoms with Crippen LogP contribution in [0, 0.1) is 14.9 Å². The minimum absolute atomic E-state index is 0.0733. The Bertz CT molecular complexity index is 2100. The number of aromatic nitrogens is 1. The molecule has 0 amide bonds. The fourth-order valence-electron chi connectivity index (χ4n) is 4.93. The van der Waals surface area contributed by atoms with Gasteiger partial charge in [0.1, 0.15) is 6.61 Å². The van der Waals surface area contributed by atoms with Crippen LogP contribution in [-0.4, -0.2) is 29.9 Å². The summed E-state index contributed by atoms with van der Waals surface area (Å²) in [4.78, 5) is 30.5. The molecule has 0 spiro atoms. The van der Waals surface area contributed by atoms with Gasteiger partial charge >= 0.3 is 12.1 Å². The summed E-state index contributed by atoms with van der Waals surface area (Å²) >= 11 is 8.86. The van der Waals surface area contributed by atoms with Crippen LogP contribution >= 0.6 is 45.5 Å². The van der Waals surface area contributed by atoms with Crippen LogP contribution in [0.2, 0.25) is 5.02 Å². The molecule has 5 rings (SSSR count). The van der Waals surface area contributed by atoms with E-state index in [4.69, 9.17) is 25.8 Å². The molecule has 1 atom stereocenters. The molecule has 14 heteroatoms. The number of benzene rings is 3. The van der Waals surface area contributed by atoms with E-state index in [0.29, 0.717) is 43.4 Å². The molecule has 0 aliphatic carbocycles. The number of allylic oxidation sites excluding steroid dienone is 1. The van der Waals surface area contributed by atoms with Gasteiger partial charge in [-0.15, -0.1) is 0 Å². The third kappa shape index (κ3) is 7.24. The highest BCUT2D eigenvalue weighted by molar-refractivity contribution is 14.1. The Hall–Kier alpha value is -4.13. The van der Waals surface area contributed by atoms with E-state index in [2.05, 4.69) is 33.7 Å². The summed E-state index contributed by atoms with van der Waals surface area (Å²) in [5, 5.41) is 9.75. The SMILES string of the molecule is CCOC(=O)C1=C(C(F)(F)F)N=c2s/c(=C\c3cc(I)c(OCc4ccccc4C#N)c(OCC)c3)c(=O)n2[C@H]1c1ccc(Cl)cc1. The lowest BCUT2D eigenvalue weighted by Crippen LogP contribution is -2.41. The number of nitriles is 1. The first kappa shape index (κ1) is 34.2. The van der Waals surface area contributed by atoms with Crippen LogP contribution in [0.3, 0.4) is 0 Å². The lowest BCUT2D eigenvalue weighted by molar-refractivity contribution is -0.140. The molecule has 2 heterocycles. The number of carbonyl (C=O) groups is 1. The van der Waals surface area contributed by atoms with Gasteiger partial charge in [0, 0.05) is 10.6 Å². The zero-order chi connectivity index (χ0) is 33.9. The van der Waals surface area contributed by atoms with Crippen LogP contribution in [0.15, 0.2) is 81.7 Å². The highest BCUT2D eigenvalue weighted by atomic mass is 127. The van der Waals surface area contributed by atoms with Crippen molar-refractivity contribution in [1.29, 1.82) is 5.26 Å². The van der Waals surface area contributed by atoms with Crippen LogP contribution in [0.5, 0.6) is 11.5 Å². The first-order valence-electron chi connectivity index (χ1n) is 14.1. The summed E-state index contributed by atoms with van der Waals surface area (Å²) in [6.45, 7) is 3.48. The molecular formula is C33H24ClF3IN3O5S. The monoisotopic (exact) mass is 793 g/mol. The fraction of sp³-hybridized carbons (Fsp3) is 0.212. The number of thiazole rings is 1. The summed E-state index contributed by atoms with van der Waals surface area (Å²) in [7, 11) is 0. The molecular weight excluding hydrogens is 770 g/mol. The molecule has 1 aromatic heterocycles. The Balaban J connectivity index is 1.65. The quantitative estimate of drug-likeness (QED) is 0.143. The van der Waals surface area contributed by atoms with E-state index in [1.54, 1.807) is 43.3 Å². The molecule has 0 N–H and O–H groups in total. The Morgan fingerprint density at radius 2 is 1.85 bits per heavy atom. The maximum Gasteiger partial charge on any atom is 0.434 e.